The highest BCUT2D eigenvalue weighted by atomic mass is 32.2. The summed E-state index contributed by atoms with van der Waals surface area (Å²) >= 11 is 1.31. The van der Waals surface area contributed by atoms with Crippen molar-refractivity contribution in [2.24, 2.45) is 0 Å². The molecule has 1 aliphatic rings. The van der Waals surface area contributed by atoms with Crippen LogP contribution < -0.4 is 0 Å². The highest BCUT2D eigenvalue weighted by molar-refractivity contribution is 7.99. The number of carboxylic acid groups (broad SMARTS) is 1. The van der Waals surface area contributed by atoms with Crippen LogP contribution in [-0.4, -0.2) is 49.8 Å². The Morgan fingerprint density at radius 3 is 2.44 bits per heavy atom. The van der Waals surface area contributed by atoms with Crippen LogP contribution in [0.3, 0.4) is 0 Å². The number of amides is 1. The van der Waals surface area contributed by atoms with Gasteiger partial charge in [0.05, 0.1) is 5.88 Å². The van der Waals surface area contributed by atoms with Gasteiger partial charge in [-0.15, -0.1) is 11.8 Å². The molecule has 1 fully saturated rings. The number of aliphatic carboxylic acids is 1. The normalized spacial score (nSPS) is 18.9. The molecule has 7 heteroatoms. The van der Waals surface area contributed by atoms with Gasteiger partial charge in [-0.2, -0.15) is 0 Å². The average Bonchev–Trinajstić information content (AvgIpc) is 2.77. The minimum atomic E-state index is -1.09. The Morgan fingerprint density at radius 1 is 1.28 bits per heavy atom. The van der Waals surface area contributed by atoms with Crippen LogP contribution in [-0.2, 0) is 4.79 Å². The molecular formula is C11H11NO5S. The number of hydrogen-bond donors (Lipinski definition) is 3. The van der Waals surface area contributed by atoms with Gasteiger partial charge in [0.25, 0.3) is 5.91 Å². The van der Waals surface area contributed by atoms with Crippen molar-refractivity contribution in [3.05, 3.63) is 23.8 Å². The van der Waals surface area contributed by atoms with Crippen LogP contribution in [0.5, 0.6) is 11.5 Å². The van der Waals surface area contributed by atoms with E-state index in [-0.39, 0.29) is 22.9 Å². The zero-order chi connectivity index (χ0) is 13.3. The topological polar surface area (TPSA) is 98.1 Å². The largest absolute Gasteiger partial charge is 0.507 e. The van der Waals surface area contributed by atoms with Crippen molar-refractivity contribution in [2.75, 3.05) is 11.6 Å². The van der Waals surface area contributed by atoms with Crippen molar-refractivity contribution in [2.45, 2.75) is 6.04 Å². The fourth-order valence-electron chi connectivity index (χ4n) is 1.74. The molecule has 1 aliphatic heterocycles. The van der Waals surface area contributed by atoms with E-state index in [9.17, 15) is 19.8 Å². The summed E-state index contributed by atoms with van der Waals surface area (Å²) in [5.41, 5.74) is -0.258. The van der Waals surface area contributed by atoms with Crippen molar-refractivity contribution in [1.82, 2.24) is 4.90 Å². The van der Waals surface area contributed by atoms with Crippen LogP contribution in [0.25, 0.3) is 0 Å². The lowest BCUT2D eigenvalue weighted by atomic mass is 10.1. The predicted molar refractivity (Wildman–Crippen MR) is 64.7 cm³/mol. The van der Waals surface area contributed by atoms with E-state index < -0.39 is 17.9 Å². The lowest BCUT2D eigenvalue weighted by molar-refractivity contribution is -0.140. The first kappa shape index (κ1) is 12.6. The minimum Gasteiger partial charge on any atom is -0.507 e. The molecule has 1 atom stereocenters. The highest BCUT2D eigenvalue weighted by Gasteiger charge is 2.36. The third-order valence-electron chi connectivity index (χ3n) is 2.66. The third kappa shape index (κ3) is 2.08. The maximum atomic E-state index is 12.1. The highest BCUT2D eigenvalue weighted by Crippen LogP contribution is 2.31. The van der Waals surface area contributed by atoms with Gasteiger partial charge in [0.2, 0.25) is 0 Å². The van der Waals surface area contributed by atoms with Crippen molar-refractivity contribution < 1.29 is 24.9 Å². The van der Waals surface area contributed by atoms with Crippen molar-refractivity contribution in [1.29, 1.82) is 0 Å². The lowest BCUT2D eigenvalue weighted by Gasteiger charge is -2.21. The second-order valence-corrected chi connectivity index (χ2v) is 4.80. The number of hydrogen-bond acceptors (Lipinski definition) is 5. The average molecular weight is 269 g/mol. The smallest absolute Gasteiger partial charge is 0.327 e. The maximum absolute atomic E-state index is 12.1. The molecular weight excluding hydrogens is 258 g/mol. The van der Waals surface area contributed by atoms with Gasteiger partial charge in [-0.3, -0.25) is 4.79 Å². The molecule has 0 spiro atoms. The molecule has 6 nitrogen and oxygen atoms in total. The first-order valence-electron chi connectivity index (χ1n) is 5.15. The third-order valence-corrected chi connectivity index (χ3v) is 3.67. The van der Waals surface area contributed by atoms with Crippen molar-refractivity contribution >= 4 is 23.6 Å². The Kier molecular flexibility index (Phi) is 3.33. The van der Waals surface area contributed by atoms with Gasteiger partial charge < -0.3 is 20.2 Å². The fraction of sp³-hybridized carbons (Fsp3) is 0.273. The molecule has 0 bridgehead atoms. The van der Waals surface area contributed by atoms with E-state index in [2.05, 4.69) is 0 Å². The summed E-state index contributed by atoms with van der Waals surface area (Å²) in [7, 11) is 0. The van der Waals surface area contributed by atoms with Gasteiger partial charge in [-0.05, 0) is 12.1 Å². The number of carbonyl (C=O) groups excluding carboxylic acids is 1. The standard InChI is InChI=1S/C11H11NO5S/c13-7-2-1-3-8(14)9(7)10(15)12-5-18-4-6(12)11(16)17/h1-3,6,13-14H,4-5H2,(H,16,17). The van der Waals surface area contributed by atoms with E-state index in [1.807, 2.05) is 0 Å². The number of nitrogens with zero attached hydrogens (tertiary/aromatic N) is 1. The van der Waals surface area contributed by atoms with Gasteiger partial charge in [-0.25, -0.2) is 4.79 Å². The maximum Gasteiger partial charge on any atom is 0.327 e. The summed E-state index contributed by atoms with van der Waals surface area (Å²) in [6.45, 7) is 0. The van der Waals surface area contributed by atoms with E-state index >= 15 is 0 Å². The Hall–Kier alpha value is -1.89. The van der Waals surface area contributed by atoms with Crippen LogP contribution >= 0.6 is 11.8 Å². The number of benzene rings is 1. The van der Waals surface area contributed by atoms with Crippen molar-refractivity contribution in [3.8, 4) is 11.5 Å². The molecule has 0 saturated carbocycles. The minimum absolute atomic E-state index is 0.226. The number of aromatic hydroxyl groups is 2. The molecule has 1 amide bonds. The quantitative estimate of drug-likeness (QED) is 0.731. The van der Waals surface area contributed by atoms with Crippen LogP contribution in [0.2, 0.25) is 0 Å². The Balaban J connectivity index is 2.34. The summed E-state index contributed by atoms with van der Waals surface area (Å²) in [5.74, 6) is -1.97. The van der Waals surface area contributed by atoms with Crippen LogP contribution in [0.15, 0.2) is 18.2 Å². The predicted octanol–water partition coefficient (Wildman–Crippen LogP) is 0.697. The Morgan fingerprint density at radius 2 is 1.89 bits per heavy atom. The first-order chi connectivity index (χ1) is 8.52. The summed E-state index contributed by atoms with van der Waals surface area (Å²) in [5, 5.41) is 28.2. The van der Waals surface area contributed by atoms with Gasteiger partial charge in [0.15, 0.2) is 0 Å². The Labute approximate surface area is 107 Å². The summed E-state index contributed by atoms with van der Waals surface area (Å²) < 4.78 is 0. The number of carbonyl (C=O) groups is 2. The summed E-state index contributed by atoms with van der Waals surface area (Å²) in [6.07, 6.45) is 0. The molecule has 0 aromatic heterocycles. The molecule has 1 heterocycles. The van der Waals surface area contributed by atoms with E-state index in [0.29, 0.717) is 5.75 Å². The van der Waals surface area contributed by atoms with E-state index in [1.54, 1.807) is 0 Å². The Bertz CT molecular complexity index is 484. The number of carboxylic acids is 1. The van der Waals surface area contributed by atoms with Crippen LogP contribution in [0.1, 0.15) is 10.4 Å². The zero-order valence-electron chi connectivity index (χ0n) is 9.24. The van der Waals surface area contributed by atoms with Gasteiger partial charge in [0, 0.05) is 5.75 Å². The monoisotopic (exact) mass is 269 g/mol. The number of rotatable bonds is 2. The van der Waals surface area contributed by atoms with Crippen molar-refractivity contribution in [3.63, 3.8) is 0 Å². The molecule has 1 saturated heterocycles. The first-order valence-corrected chi connectivity index (χ1v) is 6.30. The molecule has 2 rings (SSSR count). The molecule has 3 N–H and O–H groups in total. The fourth-order valence-corrected chi connectivity index (χ4v) is 2.88. The second kappa shape index (κ2) is 4.77. The van der Waals surface area contributed by atoms with E-state index in [0.717, 1.165) is 4.90 Å². The van der Waals surface area contributed by atoms with E-state index in [1.165, 1.54) is 30.0 Å². The second-order valence-electron chi connectivity index (χ2n) is 3.80. The molecule has 1 unspecified atom stereocenters. The molecule has 1 aromatic rings. The lowest BCUT2D eigenvalue weighted by Crippen LogP contribution is -2.41. The van der Waals surface area contributed by atoms with Crippen LogP contribution in [0.4, 0.5) is 0 Å². The molecule has 96 valence electrons. The van der Waals surface area contributed by atoms with Gasteiger partial charge in [-0.1, -0.05) is 6.07 Å². The molecule has 0 radical (unpaired) electrons. The molecule has 18 heavy (non-hydrogen) atoms. The van der Waals surface area contributed by atoms with Gasteiger partial charge in [0.1, 0.15) is 23.1 Å². The summed E-state index contributed by atoms with van der Waals surface area (Å²) in [6, 6.07) is 3.01. The van der Waals surface area contributed by atoms with E-state index in [4.69, 9.17) is 5.11 Å². The molecule has 0 aliphatic carbocycles. The number of phenolic OH excluding ortho intramolecular Hbond substituents is 2. The SMILES string of the molecule is O=C(O)C1CSCN1C(=O)c1c(O)cccc1O. The van der Waals surface area contributed by atoms with Crippen LogP contribution in [0, 0.1) is 0 Å². The van der Waals surface area contributed by atoms with Gasteiger partial charge >= 0.3 is 5.97 Å². The number of phenols is 2. The summed E-state index contributed by atoms with van der Waals surface area (Å²) in [4.78, 5) is 24.2. The zero-order valence-corrected chi connectivity index (χ0v) is 10.1. The number of thioether (sulfide) groups is 1. The molecule has 1 aromatic carbocycles.